The van der Waals surface area contributed by atoms with Gasteiger partial charge in [-0.25, -0.2) is 14.2 Å². The Hall–Kier alpha value is -3.21. The monoisotopic (exact) mass is 453 g/mol. The van der Waals surface area contributed by atoms with E-state index in [2.05, 4.69) is 9.97 Å². The first-order chi connectivity index (χ1) is 15.1. The van der Waals surface area contributed by atoms with Crippen LogP contribution in [0, 0.1) is 5.82 Å². The minimum Gasteiger partial charge on any atom is -0.479 e. The lowest BCUT2D eigenvalue weighted by Crippen LogP contribution is -2.49. The number of aliphatic hydroxyl groups is 1. The molecule has 7 nitrogen and oxygen atoms in total. The molecular formula is C21H19F4N3O4. The van der Waals surface area contributed by atoms with Gasteiger partial charge < -0.3 is 19.5 Å². The fourth-order valence-corrected chi connectivity index (χ4v) is 3.71. The summed E-state index contributed by atoms with van der Waals surface area (Å²) in [5, 5.41) is 19.9. The van der Waals surface area contributed by atoms with E-state index in [1.165, 1.54) is 18.5 Å². The van der Waals surface area contributed by atoms with Crippen LogP contribution in [-0.4, -0.2) is 51.0 Å². The van der Waals surface area contributed by atoms with E-state index in [1.54, 1.807) is 17.0 Å². The molecule has 3 heterocycles. The quantitative estimate of drug-likeness (QED) is 0.565. The zero-order valence-electron chi connectivity index (χ0n) is 16.7. The first-order valence-corrected chi connectivity index (χ1v) is 9.86. The first kappa shape index (κ1) is 22.0. The topological polar surface area (TPSA) is 99.7 Å². The number of benzene rings is 1. The maximum absolute atomic E-state index is 14.5. The summed E-state index contributed by atoms with van der Waals surface area (Å²) in [4.78, 5) is 21.6. The molecule has 1 saturated heterocycles. The van der Waals surface area contributed by atoms with E-state index in [4.69, 9.17) is 4.42 Å². The maximum atomic E-state index is 14.5. The number of anilines is 1. The number of rotatable bonds is 5. The summed E-state index contributed by atoms with van der Waals surface area (Å²) in [5.41, 5.74) is -1.14. The predicted molar refractivity (Wildman–Crippen MR) is 106 cm³/mol. The molecule has 0 spiro atoms. The number of halogens is 4. The number of hydrogen-bond acceptors (Lipinski definition) is 6. The molecule has 0 bridgehead atoms. The van der Waals surface area contributed by atoms with Gasteiger partial charge in [0.15, 0.2) is 22.8 Å². The normalized spacial score (nSPS) is 16.5. The van der Waals surface area contributed by atoms with Crippen molar-refractivity contribution >= 4 is 22.8 Å². The minimum absolute atomic E-state index is 0.0644. The van der Waals surface area contributed by atoms with Crippen molar-refractivity contribution in [2.24, 2.45) is 0 Å². The number of aliphatic carboxylic acids is 1. The number of piperidine rings is 1. The van der Waals surface area contributed by atoms with Crippen molar-refractivity contribution in [3.8, 4) is 11.3 Å². The third-order valence-electron chi connectivity index (χ3n) is 5.54. The Balaban J connectivity index is 1.73. The SMILES string of the molecule is O=C(O)C1(O)CCN(c2nc(CCC(F)(F)F)cnc2-c2cc(F)c3occc3c2)CC1. The fourth-order valence-electron chi connectivity index (χ4n) is 3.71. The van der Waals surface area contributed by atoms with Crippen molar-refractivity contribution in [3.05, 3.63) is 42.2 Å². The standard InChI is InChI=1S/C21H19F4N3O4/c22-15-10-13(9-12-2-8-32-17(12)15)16-18(27-14(11-26-16)1-3-21(23,24)25)28-6-4-20(31,5-7-28)19(29)30/h2,8-11,31H,1,3-7H2,(H,29,30). The molecule has 3 aromatic rings. The highest BCUT2D eigenvalue weighted by atomic mass is 19.4. The van der Waals surface area contributed by atoms with E-state index in [0.717, 1.165) is 0 Å². The molecular weight excluding hydrogens is 434 g/mol. The summed E-state index contributed by atoms with van der Waals surface area (Å²) in [5.74, 6) is -1.76. The lowest BCUT2D eigenvalue weighted by molar-refractivity contribution is -0.160. The lowest BCUT2D eigenvalue weighted by atomic mass is 9.91. The third kappa shape index (κ3) is 4.38. The van der Waals surface area contributed by atoms with Crippen LogP contribution in [0.4, 0.5) is 23.4 Å². The Morgan fingerprint density at radius 1 is 1.25 bits per heavy atom. The van der Waals surface area contributed by atoms with E-state index in [-0.39, 0.29) is 55.1 Å². The lowest BCUT2D eigenvalue weighted by Gasteiger charge is -2.36. The average molecular weight is 453 g/mol. The Morgan fingerprint density at radius 2 is 1.97 bits per heavy atom. The van der Waals surface area contributed by atoms with Gasteiger partial charge >= 0.3 is 12.1 Å². The van der Waals surface area contributed by atoms with Gasteiger partial charge in [-0.1, -0.05) is 0 Å². The van der Waals surface area contributed by atoms with Crippen LogP contribution in [0.3, 0.4) is 0 Å². The Morgan fingerprint density at radius 3 is 2.62 bits per heavy atom. The van der Waals surface area contributed by atoms with E-state index < -0.39 is 30.0 Å². The number of carbonyl (C=O) groups is 1. The summed E-state index contributed by atoms with van der Waals surface area (Å²) >= 11 is 0. The molecule has 1 aromatic carbocycles. The smallest absolute Gasteiger partial charge is 0.389 e. The van der Waals surface area contributed by atoms with Gasteiger partial charge in [-0.2, -0.15) is 13.2 Å². The number of hydrogen-bond donors (Lipinski definition) is 2. The van der Waals surface area contributed by atoms with Gasteiger partial charge in [0.05, 0.1) is 12.0 Å². The number of aryl methyl sites for hydroxylation is 1. The van der Waals surface area contributed by atoms with Crippen LogP contribution in [0.1, 0.15) is 25.0 Å². The highest BCUT2D eigenvalue weighted by molar-refractivity contribution is 5.86. The summed E-state index contributed by atoms with van der Waals surface area (Å²) in [7, 11) is 0. The molecule has 32 heavy (non-hydrogen) atoms. The van der Waals surface area contributed by atoms with Crippen LogP contribution in [0.25, 0.3) is 22.2 Å². The van der Waals surface area contributed by atoms with Gasteiger partial charge in [0.2, 0.25) is 0 Å². The number of carboxylic acids is 1. The van der Waals surface area contributed by atoms with E-state index >= 15 is 0 Å². The zero-order valence-corrected chi connectivity index (χ0v) is 16.7. The van der Waals surface area contributed by atoms with Crippen molar-refractivity contribution in [1.29, 1.82) is 0 Å². The van der Waals surface area contributed by atoms with Crippen molar-refractivity contribution in [3.63, 3.8) is 0 Å². The van der Waals surface area contributed by atoms with Crippen LogP contribution in [-0.2, 0) is 11.2 Å². The predicted octanol–water partition coefficient (Wildman–Crippen LogP) is 3.94. The first-order valence-electron chi connectivity index (χ1n) is 9.86. The third-order valence-corrected chi connectivity index (χ3v) is 5.54. The van der Waals surface area contributed by atoms with Gasteiger partial charge in [-0.15, -0.1) is 0 Å². The highest BCUT2D eigenvalue weighted by Crippen LogP contribution is 2.35. The van der Waals surface area contributed by atoms with Crippen molar-refractivity contribution in [2.45, 2.75) is 37.5 Å². The number of alkyl halides is 3. The summed E-state index contributed by atoms with van der Waals surface area (Å²) in [6, 6.07) is 4.40. The molecule has 1 fully saturated rings. The Labute approximate surface area is 179 Å². The van der Waals surface area contributed by atoms with Gasteiger partial charge in [-0.05, 0) is 24.6 Å². The van der Waals surface area contributed by atoms with Crippen LogP contribution < -0.4 is 4.90 Å². The largest absolute Gasteiger partial charge is 0.479 e. The van der Waals surface area contributed by atoms with E-state index in [1.807, 2.05) is 0 Å². The molecule has 0 aliphatic carbocycles. The number of nitrogens with zero attached hydrogens (tertiary/aromatic N) is 3. The molecule has 2 aromatic heterocycles. The molecule has 0 atom stereocenters. The van der Waals surface area contributed by atoms with E-state index in [0.29, 0.717) is 10.9 Å². The molecule has 1 aliphatic rings. The van der Waals surface area contributed by atoms with Crippen molar-refractivity contribution in [2.75, 3.05) is 18.0 Å². The van der Waals surface area contributed by atoms with Gasteiger partial charge in [0.1, 0.15) is 5.69 Å². The average Bonchev–Trinajstić information content (AvgIpc) is 3.21. The number of aromatic nitrogens is 2. The Bertz CT molecular complexity index is 1150. The van der Waals surface area contributed by atoms with Crippen LogP contribution in [0.15, 0.2) is 35.1 Å². The maximum Gasteiger partial charge on any atom is 0.389 e. The van der Waals surface area contributed by atoms with Crippen molar-refractivity contribution in [1.82, 2.24) is 9.97 Å². The molecule has 2 N–H and O–H groups in total. The second kappa shape index (κ2) is 8.05. The molecule has 0 radical (unpaired) electrons. The van der Waals surface area contributed by atoms with Crippen LogP contribution in [0.5, 0.6) is 0 Å². The number of furan rings is 1. The Kier molecular flexibility index (Phi) is 5.53. The fraction of sp³-hybridized carbons (Fsp3) is 0.381. The van der Waals surface area contributed by atoms with Crippen LogP contribution >= 0.6 is 0 Å². The van der Waals surface area contributed by atoms with Crippen molar-refractivity contribution < 1.29 is 37.0 Å². The van der Waals surface area contributed by atoms with E-state index in [9.17, 15) is 32.6 Å². The molecule has 0 saturated carbocycles. The molecule has 11 heteroatoms. The summed E-state index contributed by atoms with van der Waals surface area (Å²) < 4.78 is 57.6. The van der Waals surface area contributed by atoms with Crippen LogP contribution in [0.2, 0.25) is 0 Å². The second-order valence-corrected chi connectivity index (χ2v) is 7.77. The molecule has 0 unspecified atom stereocenters. The minimum atomic E-state index is -4.36. The van der Waals surface area contributed by atoms with Gasteiger partial charge in [-0.3, -0.25) is 4.98 Å². The molecule has 1 aliphatic heterocycles. The molecule has 170 valence electrons. The van der Waals surface area contributed by atoms with Gasteiger partial charge in [0.25, 0.3) is 0 Å². The molecule has 0 amide bonds. The number of fused-ring (bicyclic) bond motifs is 1. The highest BCUT2D eigenvalue weighted by Gasteiger charge is 2.40. The summed E-state index contributed by atoms with van der Waals surface area (Å²) in [6.07, 6.45) is -3.47. The number of carboxylic acid groups (broad SMARTS) is 1. The van der Waals surface area contributed by atoms with Gasteiger partial charge in [0, 0.05) is 49.5 Å². The zero-order chi connectivity index (χ0) is 23.1. The summed E-state index contributed by atoms with van der Waals surface area (Å²) in [6.45, 7) is 0.174. The second-order valence-electron chi connectivity index (χ2n) is 7.77. The molecule has 4 rings (SSSR count).